The lowest BCUT2D eigenvalue weighted by molar-refractivity contribution is -0.889. The Balaban J connectivity index is 2.29. The molecule has 4 heteroatoms. The second-order valence-electron chi connectivity index (χ2n) is 7.12. The molecule has 0 spiro atoms. The molecule has 1 rings (SSSR count). The molecule has 1 aromatic rings. The number of hydrogen-bond donors (Lipinski definition) is 1. The largest absolute Gasteiger partial charge is 0.504 e. The van der Waals surface area contributed by atoms with Crippen LogP contribution < -0.4 is 4.74 Å². The number of phenolic OH excluding ortho intramolecular Hbond substituents is 1. The number of rotatable bonds is 12. The van der Waals surface area contributed by atoms with Crippen LogP contribution in [0.4, 0.5) is 0 Å². The van der Waals surface area contributed by atoms with E-state index in [0.29, 0.717) is 5.75 Å². The fourth-order valence-corrected chi connectivity index (χ4v) is 2.70. The highest BCUT2D eigenvalue weighted by Crippen LogP contribution is 2.25. The number of methoxy groups -OCH3 is 1. The van der Waals surface area contributed by atoms with Crippen molar-refractivity contribution in [1.82, 2.24) is 0 Å². The van der Waals surface area contributed by atoms with Crippen LogP contribution >= 0.6 is 0 Å². The molecule has 0 amide bonds. The predicted molar refractivity (Wildman–Crippen MR) is 102 cm³/mol. The molecule has 24 heavy (non-hydrogen) atoms. The summed E-state index contributed by atoms with van der Waals surface area (Å²) in [6.07, 6.45) is 9.93. The van der Waals surface area contributed by atoms with Crippen molar-refractivity contribution in [2.24, 2.45) is 4.99 Å². The number of unbranched alkanes of at least 4 members (excludes halogenated alkanes) is 5. The Bertz CT molecular complexity index is 498. The van der Waals surface area contributed by atoms with Gasteiger partial charge in [-0.25, -0.2) is 0 Å². The number of ether oxygens (including phenoxy) is 1. The maximum atomic E-state index is 9.59. The Morgan fingerprint density at radius 3 is 2.50 bits per heavy atom. The lowest BCUT2D eigenvalue weighted by Gasteiger charge is -2.29. The number of nitrogens with zero attached hydrogens (tertiary/aromatic N) is 2. The lowest BCUT2D eigenvalue weighted by atomic mass is 10.1. The summed E-state index contributed by atoms with van der Waals surface area (Å²) in [6.45, 7) is 5.33. The standard InChI is InChI=1S/C20H34N2O2/c1-5-6-7-8-9-10-14-22(2,3)15-13-21-17-18-11-12-19(23)20(16-18)24-4/h11-12,16-17H,5-10,13-15H2,1-4H3/p+1. The second kappa shape index (κ2) is 11.1. The summed E-state index contributed by atoms with van der Waals surface area (Å²) in [5, 5.41) is 9.59. The van der Waals surface area contributed by atoms with Crippen LogP contribution in [0, 0.1) is 0 Å². The van der Waals surface area contributed by atoms with Crippen molar-refractivity contribution in [2.45, 2.75) is 45.4 Å². The average molecular weight is 336 g/mol. The van der Waals surface area contributed by atoms with Crippen LogP contribution in [0.15, 0.2) is 23.2 Å². The zero-order valence-electron chi connectivity index (χ0n) is 15.9. The molecular formula is C20H35N2O2+. The zero-order valence-corrected chi connectivity index (χ0v) is 15.9. The van der Waals surface area contributed by atoms with Crippen LogP contribution in [-0.4, -0.2) is 56.6 Å². The number of aromatic hydroxyl groups is 1. The second-order valence-corrected chi connectivity index (χ2v) is 7.12. The van der Waals surface area contributed by atoms with E-state index in [0.717, 1.165) is 23.1 Å². The summed E-state index contributed by atoms with van der Waals surface area (Å²) in [6, 6.07) is 5.28. The monoisotopic (exact) mass is 335 g/mol. The molecule has 4 nitrogen and oxygen atoms in total. The van der Waals surface area contributed by atoms with E-state index in [4.69, 9.17) is 4.74 Å². The van der Waals surface area contributed by atoms with E-state index in [1.165, 1.54) is 45.1 Å². The molecule has 0 aliphatic carbocycles. The van der Waals surface area contributed by atoms with Crippen molar-refractivity contribution in [1.29, 1.82) is 0 Å². The molecule has 0 saturated carbocycles. The first kappa shape index (κ1) is 20.5. The van der Waals surface area contributed by atoms with Gasteiger partial charge < -0.3 is 14.3 Å². The van der Waals surface area contributed by atoms with Crippen molar-refractivity contribution in [2.75, 3.05) is 40.8 Å². The summed E-state index contributed by atoms with van der Waals surface area (Å²) < 4.78 is 6.13. The van der Waals surface area contributed by atoms with Gasteiger partial charge in [0, 0.05) is 6.21 Å². The van der Waals surface area contributed by atoms with Crippen molar-refractivity contribution in [3.05, 3.63) is 23.8 Å². The number of hydrogen-bond acceptors (Lipinski definition) is 3. The number of likely N-dealkylation sites (N-methyl/N-ethyl adjacent to an activating group) is 1. The molecule has 1 aromatic carbocycles. The third kappa shape index (κ3) is 8.34. The van der Waals surface area contributed by atoms with Gasteiger partial charge in [-0.05, 0) is 36.6 Å². The highest BCUT2D eigenvalue weighted by atomic mass is 16.5. The summed E-state index contributed by atoms with van der Waals surface area (Å²) >= 11 is 0. The molecule has 136 valence electrons. The predicted octanol–water partition coefficient (Wildman–Crippen LogP) is 4.26. The molecular weight excluding hydrogens is 300 g/mol. The molecule has 0 aliphatic rings. The Labute approximate surface area is 147 Å². The Kier molecular flexibility index (Phi) is 9.46. The van der Waals surface area contributed by atoms with Gasteiger partial charge in [-0.2, -0.15) is 0 Å². The quantitative estimate of drug-likeness (QED) is 0.352. The Morgan fingerprint density at radius 2 is 1.79 bits per heavy atom. The topological polar surface area (TPSA) is 41.8 Å². The summed E-state index contributed by atoms with van der Waals surface area (Å²) in [5.74, 6) is 0.643. The van der Waals surface area contributed by atoms with Gasteiger partial charge in [0.2, 0.25) is 0 Å². The summed E-state index contributed by atoms with van der Waals surface area (Å²) in [4.78, 5) is 4.52. The molecule has 0 heterocycles. The number of benzene rings is 1. The molecule has 0 fully saturated rings. The molecule has 0 aliphatic heterocycles. The minimum absolute atomic E-state index is 0.159. The first-order chi connectivity index (χ1) is 11.5. The number of aliphatic imine (C=N–C) groups is 1. The normalized spacial score (nSPS) is 12.0. The van der Waals surface area contributed by atoms with E-state index in [2.05, 4.69) is 26.0 Å². The summed E-state index contributed by atoms with van der Waals surface area (Å²) in [7, 11) is 6.12. The van der Waals surface area contributed by atoms with Crippen LogP contribution in [0.25, 0.3) is 0 Å². The van der Waals surface area contributed by atoms with Gasteiger partial charge >= 0.3 is 0 Å². The highest BCUT2D eigenvalue weighted by molar-refractivity contribution is 5.80. The van der Waals surface area contributed by atoms with Crippen molar-refractivity contribution in [3.63, 3.8) is 0 Å². The summed E-state index contributed by atoms with van der Waals surface area (Å²) in [5.41, 5.74) is 0.950. The van der Waals surface area contributed by atoms with Gasteiger partial charge in [0.1, 0.15) is 0 Å². The van der Waals surface area contributed by atoms with E-state index in [1.807, 2.05) is 12.3 Å². The minimum Gasteiger partial charge on any atom is -0.504 e. The van der Waals surface area contributed by atoms with Crippen LogP contribution in [0.3, 0.4) is 0 Å². The van der Waals surface area contributed by atoms with Gasteiger partial charge in [-0.15, -0.1) is 0 Å². The smallest absolute Gasteiger partial charge is 0.161 e. The van der Waals surface area contributed by atoms with Crippen molar-refractivity contribution >= 4 is 6.21 Å². The average Bonchev–Trinajstić information content (AvgIpc) is 2.56. The van der Waals surface area contributed by atoms with Gasteiger partial charge in [-0.3, -0.25) is 4.99 Å². The van der Waals surface area contributed by atoms with Gasteiger partial charge in [0.25, 0.3) is 0 Å². The first-order valence-electron chi connectivity index (χ1n) is 9.17. The van der Waals surface area contributed by atoms with Crippen molar-refractivity contribution in [3.8, 4) is 11.5 Å². The van der Waals surface area contributed by atoms with E-state index >= 15 is 0 Å². The fraction of sp³-hybridized carbons (Fsp3) is 0.650. The molecule has 0 saturated heterocycles. The number of quaternary nitrogens is 1. The third-order valence-corrected chi connectivity index (χ3v) is 4.40. The van der Waals surface area contributed by atoms with E-state index in [-0.39, 0.29) is 5.75 Å². The van der Waals surface area contributed by atoms with E-state index in [1.54, 1.807) is 19.2 Å². The molecule has 1 N–H and O–H groups in total. The lowest BCUT2D eigenvalue weighted by Crippen LogP contribution is -2.42. The molecule has 0 aromatic heterocycles. The van der Waals surface area contributed by atoms with Gasteiger partial charge in [0.05, 0.1) is 40.8 Å². The van der Waals surface area contributed by atoms with Gasteiger partial charge in [0.15, 0.2) is 11.5 Å². The molecule has 0 atom stereocenters. The van der Waals surface area contributed by atoms with Crippen LogP contribution in [0.5, 0.6) is 11.5 Å². The maximum absolute atomic E-state index is 9.59. The SMILES string of the molecule is CCCCCCCC[N+](C)(C)CCN=Cc1ccc(O)c(OC)c1. The molecule has 0 bridgehead atoms. The first-order valence-corrected chi connectivity index (χ1v) is 9.17. The van der Waals surface area contributed by atoms with Crippen LogP contribution in [0.1, 0.15) is 51.0 Å². The van der Waals surface area contributed by atoms with Crippen LogP contribution in [0.2, 0.25) is 0 Å². The fourth-order valence-electron chi connectivity index (χ4n) is 2.70. The molecule has 0 radical (unpaired) electrons. The Hall–Kier alpha value is -1.55. The maximum Gasteiger partial charge on any atom is 0.161 e. The number of phenols is 1. The van der Waals surface area contributed by atoms with Crippen LogP contribution in [-0.2, 0) is 0 Å². The van der Waals surface area contributed by atoms with Crippen molar-refractivity contribution < 1.29 is 14.3 Å². The van der Waals surface area contributed by atoms with Gasteiger partial charge in [-0.1, -0.05) is 32.6 Å². The van der Waals surface area contributed by atoms with E-state index < -0.39 is 0 Å². The zero-order chi connectivity index (χ0) is 17.8. The molecule has 0 unspecified atom stereocenters. The highest BCUT2D eigenvalue weighted by Gasteiger charge is 2.13. The Morgan fingerprint density at radius 1 is 1.08 bits per heavy atom. The third-order valence-electron chi connectivity index (χ3n) is 4.40. The minimum atomic E-state index is 0.159. The van der Waals surface area contributed by atoms with E-state index in [9.17, 15) is 5.11 Å².